The number of methoxy groups -OCH3 is 1. The summed E-state index contributed by atoms with van der Waals surface area (Å²) in [5.41, 5.74) is 1.95. The lowest BCUT2D eigenvalue weighted by Gasteiger charge is -2.63. The molecule has 0 radical (unpaired) electrons. The molecule has 4 aliphatic carbocycles. The van der Waals surface area contributed by atoms with Gasteiger partial charge in [0.15, 0.2) is 0 Å². The van der Waals surface area contributed by atoms with Gasteiger partial charge in [-0.15, -0.1) is 0 Å². The number of aliphatic hydroxyl groups is 2. The average molecular weight is 515 g/mol. The summed E-state index contributed by atoms with van der Waals surface area (Å²) in [7, 11) is 1.58. The van der Waals surface area contributed by atoms with Crippen LogP contribution in [0.2, 0.25) is 0 Å². The molecular formula is C29H38O8. The van der Waals surface area contributed by atoms with E-state index < -0.39 is 29.2 Å². The monoisotopic (exact) mass is 514 g/mol. The van der Waals surface area contributed by atoms with E-state index in [2.05, 4.69) is 26.0 Å². The van der Waals surface area contributed by atoms with Gasteiger partial charge in [-0.05, 0) is 61.3 Å². The second-order valence-electron chi connectivity index (χ2n) is 12.7. The van der Waals surface area contributed by atoms with Gasteiger partial charge < -0.3 is 33.9 Å². The lowest BCUT2D eigenvalue weighted by atomic mass is 9.45. The van der Waals surface area contributed by atoms with Crippen molar-refractivity contribution in [3.8, 4) is 0 Å². The van der Waals surface area contributed by atoms with Crippen molar-refractivity contribution in [2.24, 2.45) is 22.7 Å². The zero-order chi connectivity index (χ0) is 25.8. The molecule has 8 heteroatoms. The van der Waals surface area contributed by atoms with Crippen LogP contribution in [-0.4, -0.2) is 72.5 Å². The van der Waals surface area contributed by atoms with Crippen LogP contribution in [0, 0.1) is 22.7 Å². The Balaban J connectivity index is 1.19. The van der Waals surface area contributed by atoms with Crippen molar-refractivity contribution in [3.63, 3.8) is 0 Å². The Hall–Kier alpha value is -1.55. The number of rotatable bonds is 2. The Morgan fingerprint density at radius 2 is 1.97 bits per heavy atom. The molecule has 0 aromatic rings. The van der Waals surface area contributed by atoms with Crippen LogP contribution in [0.25, 0.3) is 0 Å². The number of allylic oxidation sites excluding steroid dienone is 1. The molecule has 0 bridgehead atoms. The highest BCUT2D eigenvalue weighted by molar-refractivity contribution is 5.86. The molecule has 3 aliphatic heterocycles. The number of ether oxygens (including phenoxy) is 5. The van der Waals surface area contributed by atoms with Gasteiger partial charge in [0.25, 0.3) is 0 Å². The van der Waals surface area contributed by atoms with Gasteiger partial charge in [-0.1, -0.05) is 31.6 Å². The number of fused-ring (bicyclic) bond motifs is 7. The fourth-order valence-electron chi connectivity index (χ4n) is 9.22. The minimum atomic E-state index is -1.63. The molecule has 0 aromatic heterocycles. The minimum absolute atomic E-state index is 0.127. The summed E-state index contributed by atoms with van der Waals surface area (Å²) in [6, 6.07) is 0. The number of carbonyl (C=O) groups excluding carboxylic acids is 1. The van der Waals surface area contributed by atoms with Gasteiger partial charge in [0.05, 0.1) is 18.3 Å². The van der Waals surface area contributed by atoms with Crippen molar-refractivity contribution in [1.82, 2.24) is 0 Å². The third kappa shape index (κ3) is 3.14. The second-order valence-corrected chi connectivity index (χ2v) is 12.7. The zero-order valence-electron chi connectivity index (χ0n) is 21.9. The quantitative estimate of drug-likeness (QED) is 0.428. The van der Waals surface area contributed by atoms with E-state index in [1.165, 1.54) is 5.57 Å². The summed E-state index contributed by atoms with van der Waals surface area (Å²) >= 11 is 0. The second kappa shape index (κ2) is 7.99. The third-order valence-corrected chi connectivity index (χ3v) is 11.2. The number of cyclic esters (lactones) is 1. The van der Waals surface area contributed by atoms with Crippen LogP contribution in [0.1, 0.15) is 58.8 Å². The first-order chi connectivity index (χ1) is 17.6. The Morgan fingerprint density at radius 1 is 1.14 bits per heavy atom. The SMILES string of the molecule is COC1CCOC2OC3C=C4CCC5C(CCC6(C)C(C7=CC(=O)OC7)=CCC56O)C4(C)CC3OC12O. The number of hydrogen-bond acceptors (Lipinski definition) is 8. The smallest absolute Gasteiger partial charge is 0.331 e. The predicted octanol–water partition coefficient (Wildman–Crippen LogP) is 2.93. The molecule has 0 amide bonds. The van der Waals surface area contributed by atoms with Crippen LogP contribution < -0.4 is 0 Å². The maximum absolute atomic E-state index is 12.4. The molecule has 202 valence electrons. The lowest BCUT2D eigenvalue weighted by molar-refractivity contribution is -0.442. The molecule has 7 aliphatic rings. The molecule has 2 saturated carbocycles. The summed E-state index contributed by atoms with van der Waals surface area (Å²) in [6.45, 7) is 5.25. The Labute approximate surface area is 217 Å². The molecule has 0 aromatic carbocycles. The van der Waals surface area contributed by atoms with Gasteiger partial charge in [0.2, 0.25) is 12.1 Å². The topological polar surface area (TPSA) is 104 Å². The van der Waals surface area contributed by atoms with Gasteiger partial charge in [0.1, 0.15) is 18.8 Å². The summed E-state index contributed by atoms with van der Waals surface area (Å²) in [5.74, 6) is -1.52. The Morgan fingerprint density at radius 3 is 2.73 bits per heavy atom. The molecule has 2 saturated heterocycles. The van der Waals surface area contributed by atoms with E-state index in [1.54, 1.807) is 13.2 Å². The first kappa shape index (κ1) is 24.5. The Kier molecular flexibility index (Phi) is 5.29. The van der Waals surface area contributed by atoms with E-state index in [0.717, 1.165) is 43.3 Å². The minimum Gasteiger partial charge on any atom is -0.458 e. The summed E-state index contributed by atoms with van der Waals surface area (Å²) in [4.78, 5) is 11.8. The van der Waals surface area contributed by atoms with Crippen LogP contribution >= 0.6 is 0 Å². The first-order valence-corrected chi connectivity index (χ1v) is 13.8. The fourth-order valence-corrected chi connectivity index (χ4v) is 9.22. The molecular weight excluding hydrogens is 476 g/mol. The predicted molar refractivity (Wildman–Crippen MR) is 131 cm³/mol. The van der Waals surface area contributed by atoms with Gasteiger partial charge in [-0.25, -0.2) is 4.79 Å². The van der Waals surface area contributed by atoms with Crippen LogP contribution in [0.15, 0.2) is 34.9 Å². The highest BCUT2D eigenvalue weighted by Crippen LogP contribution is 2.68. The van der Waals surface area contributed by atoms with Crippen LogP contribution in [0.3, 0.4) is 0 Å². The molecule has 10 atom stereocenters. The van der Waals surface area contributed by atoms with E-state index in [4.69, 9.17) is 23.7 Å². The Bertz CT molecular complexity index is 1110. The number of hydrogen-bond donors (Lipinski definition) is 2. The van der Waals surface area contributed by atoms with Gasteiger partial charge in [-0.3, -0.25) is 0 Å². The van der Waals surface area contributed by atoms with Crippen molar-refractivity contribution in [2.45, 2.75) is 94.8 Å². The van der Waals surface area contributed by atoms with Crippen molar-refractivity contribution in [3.05, 3.63) is 34.9 Å². The van der Waals surface area contributed by atoms with Crippen molar-refractivity contribution in [1.29, 1.82) is 0 Å². The number of carbonyl (C=O) groups is 1. The molecule has 4 fully saturated rings. The van der Waals surface area contributed by atoms with E-state index in [0.29, 0.717) is 26.1 Å². The first-order valence-electron chi connectivity index (χ1n) is 13.8. The van der Waals surface area contributed by atoms with Gasteiger partial charge in [0, 0.05) is 30.6 Å². The van der Waals surface area contributed by atoms with E-state index >= 15 is 0 Å². The maximum atomic E-state index is 12.4. The highest BCUT2D eigenvalue weighted by Gasteiger charge is 2.66. The van der Waals surface area contributed by atoms with Gasteiger partial charge >= 0.3 is 5.97 Å². The fraction of sp³-hybridized carbons (Fsp3) is 0.759. The van der Waals surface area contributed by atoms with Crippen LogP contribution in [0.5, 0.6) is 0 Å². The molecule has 2 N–H and O–H groups in total. The molecule has 3 heterocycles. The molecule has 8 nitrogen and oxygen atoms in total. The van der Waals surface area contributed by atoms with Gasteiger partial charge in [-0.2, -0.15) is 0 Å². The van der Waals surface area contributed by atoms with Crippen LogP contribution in [0.4, 0.5) is 0 Å². The van der Waals surface area contributed by atoms with Crippen LogP contribution in [-0.2, 0) is 28.5 Å². The van der Waals surface area contributed by atoms with Crippen molar-refractivity contribution < 1.29 is 38.7 Å². The van der Waals surface area contributed by atoms with Crippen molar-refractivity contribution >= 4 is 5.97 Å². The standard InChI is InChI=1S/C29H38O8/c1-26-14-22-21(36-25-29(32,37-22)23(33-3)8-11-34-25)13-17(26)4-5-20-19(26)6-9-27(2)18(7-10-28(20,27)31)16-12-24(30)35-15-16/h7,12-13,19-23,25,31-32H,4-6,8-11,14-15H2,1-3H3. The zero-order valence-corrected chi connectivity index (χ0v) is 21.9. The highest BCUT2D eigenvalue weighted by atomic mass is 16.8. The summed E-state index contributed by atoms with van der Waals surface area (Å²) < 4.78 is 29.2. The average Bonchev–Trinajstić information content (AvgIpc) is 3.40. The number of esters is 1. The van der Waals surface area contributed by atoms with Crippen molar-refractivity contribution in [2.75, 3.05) is 20.3 Å². The molecule has 10 unspecified atom stereocenters. The largest absolute Gasteiger partial charge is 0.458 e. The lowest BCUT2D eigenvalue weighted by Crippen LogP contribution is -2.68. The van der Waals surface area contributed by atoms with E-state index in [9.17, 15) is 15.0 Å². The summed E-state index contributed by atoms with van der Waals surface area (Å²) in [5, 5.41) is 23.9. The third-order valence-electron chi connectivity index (χ3n) is 11.2. The summed E-state index contributed by atoms with van der Waals surface area (Å²) in [6.07, 6.45) is 9.50. The molecule has 37 heavy (non-hydrogen) atoms. The van der Waals surface area contributed by atoms with E-state index in [-0.39, 0.29) is 35.4 Å². The maximum Gasteiger partial charge on any atom is 0.331 e. The molecule has 0 spiro atoms. The normalized spacial score (nSPS) is 52.5. The molecule has 7 rings (SSSR count). The van der Waals surface area contributed by atoms with E-state index in [1.807, 2.05) is 0 Å².